The lowest BCUT2D eigenvalue weighted by molar-refractivity contribution is 0.0584. The highest BCUT2D eigenvalue weighted by molar-refractivity contribution is 6.30. The van der Waals surface area contributed by atoms with E-state index in [0.29, 0.717) is 18.0 Å². The van der Waals surface area contributed by atoms with Crippen molar-refractivity contribution in [2.24, 2.45) is 11.1 Å². The number of nitrogens with two attached hydrogens (primary N) is 1. The molecule has 2 rings (SSSR count). The molecule has 18 heavy (non-hydrogen) atoms. The summed E-state index contributed by atoms with van der Waals surface area (Å²) in [4.78, 5) is 0. The summed E-state index contributed by atoms with van der Waals surface area (Å²) in [7, 11) is 1.65. The zero-order valence-electron chi connectivity index (χ0n) is 10.7. The van der Waals surface area contributed by atoms with Gasteiger partial charge in [0.15, 0.2) is 0 Å². The summed E-state index contributed by atoms with van der Waals surface area (Å²) < 4.78 is 5.35. The molecule has 1 fully saturated rings. The van der Waals surface area contributed by atoms with Crippen molar-refractivity contribution < 1.29 is 9.84 Å². The van der Waals surface area contributed by atoms with Crippen LogP contribution in [0.5, 0.6) is 5.75 Å². The van der Waals surface area contributed by atoms with Gasteiger partial charge in [0.2, 0.25) is 0 Å². The molecule has 3 nitrogen and oxygen atoms in total. The van der Waals surface area contributed by atoms with Crippen LogP contribution in [0.4, 0.5) is 0 Å². The molecule has 0 amide bonds. The number of hydrogen-bond donors (Lipinski definition) is 2. The van der Waals surface area contributed by atoms with Gasteiger partial charge < -0.3 is 15.6 Å². The van der Waals surface area contributed by atoms with Crippen molar-refractivity contribution in [1.82, 2.24) is 0 Å². The average molecular weight is 270 g/mol. The van der Waals surface area contributed by atoms with Gasteiger partial charge >= 0.3 is 0 Å². The molecule has 1 aromatic rings. The van der Waals surface area contributed by atoms with E-state index in [0.717, 1.165) is 30.6 Å². The third kappa shape index (κ3) is 2.48. The van der Waals surface area contributed by atoms with Crippen LogP contribution in [0.2, 0.25) is 5.02 Å². The summed E-state index contributed by atoms with van der Waals surface area (Å²) in [5, 5.41) is 10.9. The summed E-state index contributed by atoms with van der Waals surface area (Å²) in [6, 6.07) is 5.58. The van der Waals surface area contributed by atoms with Gasteiger partial charge in [0.25, 0.3) is 0 Å². The Bertz CT molecular complexity index is 424. The summed E-state index contributed by atoms with van der Waals surface area (Å²) in [6.45, 7) is 0.490. The average Bonchev–Trinajstić information content (AvgIpc) is 2.72. The predicted molar refractivity (Wildman–Crippen MR) is 73.1 cm³/mol. The van der Waals surface area contributed by atoms with Crippen LogP contribution in [0.1, 0.15) is 24.8 Å². The quantitative estimate of drug-likeness (QED) is 0.882. The molecular formula is C14H20ClNO2. The topological polar surface area (TPSA) is 55.5 Å². The highest BCUT2D eigenvalue weighted by Crippen LogP contribution is 2.42. The molecule has 0 saturated heterocycles. The molecule has 2 atom stereocenters. The molecule has 1 aliphatic rings. The molecule has 0 spiro atoms. The van der Waals surface area contributed by atoms with Gasteiger partial charge in [0, 0.05) is 17.0 Å². The molecule has 0 heterocycles. The van der Waals surface area contributed by atoms with Gasteiger partial charge in [-0.15, -0.1) is 0 Å². The predicted octanol–water partition coefficient (Wildman–Crippen LogP) is 2.38. The van der Waals surface area contributed by atoms with Crippen molar-refractivity contribution in [3.05, 3.63) is 28.8 Å². The van der Waals surface area contributed by atoms with Gasteiger partial charge in [-0.2, -0.15) is 0 Å². The van der Waals surface area contributed by atoms with Gasteiger partial charge in [0.1, 0.15) is 5.75 Å². The summed E-state index contributed by atoms with van der Waals surface area (Å²) >= 11 is 6.03. The van der Waals surface area contributed by atoms with Crippen LogP contribution in [0.25, 0.3) is 0 Å². The molecule has 2 unspecified atom stereocenters. The van der Waals surface area contributed by atoms with Crippen LogP contribution < -0.4 is 10.5 Å². The van der Waals surface area contributed by atoms with E-state index < -0.39 is 0 Å². The maximum Gasteiger partial charge on any atom is 0.122 e. The lowest BCUT2D eigenvalue weighted by Gasteiger charge is -2.32. The number of aliphatic hydroxyl groups is 1. The highest BCUT2D eigenvalue weighted by atomic mass is 35.5. The van der Waals surface area contributed by atoms with Crippen molar-refractivity contribution in [1.29, 1.82) is 0 Å². The SMILES string of the molecule is COc1ccc(Cl)cc1CC1(CN)CCCC1O. The number of hydrogen-bond acceptors (Lipinski definition) is 3. The second kappa shape index (κ2) is 5.47. The smallest absolute Gasteiger partial charge is 0.122 e. The highest BCUT2D eigenvalue weighted by Gasteiger charge is 2.41. The van der Waals surface area contributed by atoms with E-state index >= 15 is 0 Å². The van der Waals surface area contributed by atoms with E-state index in [1.807, 2.05) is 18.2 Å². The maximum absolute atomic E-state index is 10.2. The minimum Gasteiger partial charge on any atom is -0.496 e. The van der Waals surface area contributed by atoms with E-state index in [4.69, 9.17) is 22.1 Å². The molecule has 1 aliphatic carbocycles. The lowest BCUT2D eigenvalue weighted by Crippen LogP contribution is -2.39. The van der Waals surface area contributed by atoms with Crippen LogP contribution in [0, 0.1) is 5.41 Å². The lowest BCUT2D eigenvalue weighted by atomic mass is 9.78. The van der Waals surface area contributed by atoms with E-state index in [1.54, 1.807) is 7.11 Å². The largest absolute Gasteiger partial charge is 0.496 e. The first-order chi connectivity index (χ1) is 8.61. The van der Waals surface area contributed by atoms with E-state index in [1.165, 1.54) is 0 Å². The molecule has 1 saturated carbocycles. The van der Waals surface area contributed by atoms with Crippen LogP contribution in [-0.2, 0) is 6.42 Å². The second-order valence-electron chi connectivity index (χ2n) is 5.11. The van der Waals surface area contributed by atoms with Crippen LogP contribution in [-0.4, -0.2) is 24.9 Å². The third-order valence-corrected chi connectivity index (χ3v) is 4.29. The Labute approximate surface area is 113 Å². The van der Waals surface area contributed by atoms with E-state index in [2.05, 4.69) is 0 Å². The Balaban J connectivity index is 2.29. The van der Waals surface area contributed by atoms with Gasteiger partial charge in [-0.1, -0.05) is 18.0 Å². The molecular weight excluding hydrogens is 250 g/mol. The summed E-state index contributed by atoms with van der Waals surface area (Å²) in [6.07, 6.45) is 3.21. The molecule has 0 aromatic heterocycles. The number of methoxy groups -OCH3 is 1. The van der Waals surface area contributed by atoms with Crippen molar-refractivity contribution >= 4 is 11.6 Å². The normalized spacial score (nSPS) is 27.4. The molecule has 1 aromatic carbocycles. The summed E-state index contributed by atoms with van der Waals surface area (Å²) in [5.41, 5.74) is 6.70. The van der Waals surface area contributed by atoms with Crippen LogP contribution in [0.15, 0.2) is 18.2 Å². The Kier molecular flexibility index (Phi) is 4.15. The Morgan fingerprint density at radius 2 is 2.33 bits per heavy atom. The fourth-order valence-corrected chi connectivity index (χ4v) is 3.10. The molecule has 100 valence electrons. The molecule has 0 bridgehead atoms. The molecule has 0 radical (unpaired) electrons. The second-order valence-corrected chi connectivity index (χ2v) is 5.54. The minimum absolute atomic E-state index is 0.224. The fourth-order valence-electron chi connectivity index (χ4n) is 2.90. The number of halogens is 1. The molecule has 4 heteroatoms. The first kappa shape index (κ1) is 13.7. The fraction of sp³-hybridized carbons (Fsp3) is 0.571. The Morgan fingerprint density at radius 1 is 1.56 bits per heavy atom. The van der Waals surface area contributed by atoms with Gasteiger partial charge in [-0.3, -0.25) is 0 Å². The number of benzene rings is 1. The standard InChI is InChI=1S/C14H20ClNO2/c1-18-12-5-4-11(15)7-10(12)8-14(9-16)6-2-3-13(14)17/h4-5,7,13,17H,2-3,6,8-9,16H2,1H3. The minimum atomic E-state index is -0.328. The zero-order valence-corrected chi connectivity index (χ0v) is 11.4. The number of rotatable bonds is 4. The monoisotopic (exact) mass is 269 g/mol. The van der Waals surface area contributed by atoms with E-state index in [9.17, 15) is 5.11 Å². The van der Waals surface area contributed by atoms with E-state index in [-0.39, 0.29) is 11.5 Å². The Morgan fingerprint density at radius 3 is 2.89 bits per heavy atom. The zero-order chi connectivity index (χ0) is 13.2. The maximum atomic E-state index is 10.2. The van der Waals surface area contributed by atoms with Crippen molar-refractivity contribution in [3.8, 4) is 5.75 Å². The van der Waals surface area contributed by atoms with Crippen LogP contribution >= 0.6 is 11.6 Å². The third-order valence-electron chi connectivity index (χ3n) is 4.05. The first-order valence-electron chi connectivity index (χ1n) is 6.32. The van der Waals surface area contributed by atoms with Gasteiger partial charge in [-0.25, -0.2) is 0 Å². The van der Waals surface area contributed by atoms with Crippen molar-refractivity contribution in [2.45, 2.75) is 31.8 Å². The molecule has 3 N–H and O–H groups in total. The van der Waals surface area contributed by atoms with Crippen molar-refractivity contribution in [3.63, 3.8) is 0 Å². The van der Waals surface area contributed by atoms with Gasteiger partial charge in [0.05, 0.1) is 13.2 Å². The van der Waals surface area contributed by atoms with Crippen molar-refractivity contribution in [2.75, 3.05) is 13.7 Å². The van der Waals surface area contributed by atoms with Crippen LogP contribution in [0.3, 0.4) is 0 Å². The number of ether oxygens (including phenoxy) is 1. The first-order valence-corrected chi connectivity index (χ1v) is 6.69. The Hall–Kier alpha value is -0.770. The molecule has 0 aliphatic heterocycles. The number of aliphatic hydroxyl groups excluding tert-OH is 1. The van der Waals surface area contributed by atoms with Gasteiger partial charge in [-0.05, 0) is 43.0 Å². The summed E-state index contributed by atoms with van der Waals surface area (Å²) in [5.74, 6) is 0.811.